The number of carbonyl (C=O) groups is 2. The lowest BCUT2D eigenvalue weighted by Crippen LogP contribution is -2.51. The van der Waals surface area contributed by atoms with E-state index in [1.807, 2.05) is 91.0 Å². The van der Waals surface area contributed by atoms with Crippen LogP contribution in [0.1, 0.15) is 40.8 Å². The molecule has 0 aliphatic carbocycles. The van der Waals surface area contributed by atoms with E-state index >= 15 is 0 Å². The van der Waals surface area contributed by atoms with Gasteiger partial charge in [-0.05, 0) is 35.2 Å². The number of esters is 1. The lowest BCUT2D eigenvalue weighted by Gasteiger charge is -2.34. The van der Waals surface area contributed by atoms with Gasteiger partial charge in [0.1, 0.15) is 24.4 Å². The molecule has 1 saturated heterocycles. The number of urea groups is 1. The van der Waals surface area contributed by atoms with Crippen LogP contribution in [-0.2, 0) is 54.5 Å². The summed E-state index contributed by atoms with van der Waals surface area (Å²) in [6, 6.07) is 30.8. The van der Waals surface area contributed by atoms with E-state index in [1.54, 1.807) is 6.92 Å². The summed E-state index contributed by atoms with van der Waals surface area (Å²) < 4.78 is 74.2. The molecule has 2 aliphatic heterocycles. The molecule has 2 heterocycles. The van der Waals surface area contributed by atoms with Crippen molar-refractivity contribution in [2.24, 2.45) is 0 Å². The van der Waals surface area contributed by atoms with E-state index < -0.39 is 54.2 Å². The molecule has 0 bridgehead atoms. The number of benzene rings is 4. The van der Waals surface area contributed by atoms with Crippen LogP contribution in [0.25, 0.3) is 0 Å². The normalized spacial score (nSPS) is 21.8. The Morgan fingerprint density at radius 2 is 1.29 bits per heavy atom. The van der Waals surface area contributed by atoms with Crippen LogP contribution >= 0.6 is 0 Å². The fourth-order valence-corrected chi connectivity index (χ4v) is 6.36. The van der Waals surface area contributed by atoms with Crippen LogP contribution in [0.4, 0.5) is 18.0 Å². The molecule has 2 aliphatic rings. The van der Waals surface area contributed by atoms with Crippen molar-refractivity contribution >= 4 is 12.0 Å². The Kier molecular flexibility index (Phi) is 12.0. The van der Waals surface area contributed by atoms with Gasteiger partial charge in [0.25, 0.3) is 0 Å². The van der Waals surface area contributed by atoms with E-state index in [4.69, 9.17) is 23.7 Å². The second-order valence-electron chi connectivity index (χ2n) is 12.3. The van der Waals surface area contributed by atoms with Gasteiger partial charge in [-0.15, -0.1) is 0 Å². The lowest BCUT2D eigenvalue weighted by atomic mass is 9.89. The molecular formula is C40H39F3N2O7. The maximum atomic E-state index is 14.3. The van der Waals surface area contributed by atoms with Gasteiger partial charge >= 0.3 is 18.2 Å². The van der Waals surface area contributed by atoms with Crippen molar-refractivity contribution in [3.8, 4) is 0 Å². The third kappa shape index (κ3) is 8.88. The summed E-state index contributed by atoms with van der Waals surface area (Å²) in [5.41, 5.74) is 0.971. The van der Waals surface area contributed by atoms with Crippen molar-refractivity contribution in [1.29, 1.82) is 0 Å². The van der Waals surface area contributed by atoms with Crippen LogP contribution in [0.2, 0.25) is 0 Å². The Labute approximate surface area is 299 Å². The average Bonchev–Trinajstić information content (AvgIpc) is 3.50. The lowest BCUT2D eigenvalue weighted by molar-refractivity contribution is -0.141. The van der Waals surface area contributed by atoms with E-state index in [0.717, 1.165) is 22.8 Å². The molecule has 12 heteroatoms. The average molecular weight is 717 g/mol. The van der Waals surface area contributed by atoms with Crippen LogP contribution in [-0.4, -0.2) is 49.6 Å². The van der Waals surface area contributed by atoms with E-state index in [1.165, 1.54) is 18.2 Å². The van der Waals surface area contributed by atoms with Crippen molar-refractivity contribution in [3.63, 3.8) is 0 Å². The second kappa shape index (κ2) is 17.0. The topological polar surface area (TPSA) is 104 Å². The van der Waals surface area contributed by atoms with Crippen molar-refractivity contribution in [2.45, 2.75) is 63.4 Å². The summed E-state index contributed by atoms with van der Waals surface area (Å²) >= 11 is 0. The number of amides is 2. The Hall–Kier alpha value is -5.01. The molecular weight excluding hydrogens is 677 g/mol. The van der Waals surface area contributed by atoms with Crippen molar-refractivity contribution < 1.29 is 46.4 Å². The zero-order valence-corrected chi connectivity index (χ0v) is 28.4. The number of nitrogens with one attached hydrogen (secondary N) is 2. The molecule has 6 rings (SSSR count). The number of halogens is 3. The van der Waals surface area contributed by atoms with Crippen molar-refractivity contribution in [3.05, 3.63) is 154 Å². The van der Waals surface area contributed by atoms with Gasteiger partial charge < -0.3 is 34.3 Å². The highest BCUT2D eigenvalue weighted by Gasteiger charge is 2.52. The zero-order valence-electron chi connectivity index (χ0n) is 28.4. The molecule has 1 fully saturated rings. The molecule has 4 aromatic carbocycles. The molecule has 5 atom stereocenters. The minimum Gasteiger partial charge on any atom is -0.463 e. The molecule has 2 N–H and O–H groups in total. The minimum absolute atomic E-state index is 0.0323. The first kappa shape index (κ1) is 36.8. The molecule has 2 amide bonds. The smallest absolute Gasteiger partial charge is 0.416 e. The molecule has 9 nitrogen and oxygen atoms in total. The summed E-state index contributed by atoms with van der Waals surface area (Å²) in [4.78, 5) is 27.1. The van der Waals surface area contributed by atoms with Crippen molar-refractivity contribution in [2.75, 3.05) is 13.2 Å². The van der Waals surface area contributed by atoms with Gasteiger partial charge in [-0.3, -0.25) is 0 Å². The number of alkyl halides is 3. The summed E-state index contributed by atoms with van der Waals surface area (Å²) in [7, 11) is 0. The number of carbonyl (C=O) groups excluding carboxylic acids is 2. The monoisotopic (exact) mass is 716 g/mol. The molecule has 0 radical (unpaired) electrons. The van der Waals surface area contributed by atoms with Crippen LogP contribution in [0.3, 0.4) is 0 Å². The fourth-order valence-electron chi connectivity index (χ4n) is 6.36. The Morgan fingerprint density at radius 1 is 0.750 bits per heavy atom. The second-order valence-corrected chi connectivity index (χ2v) is 12.3. The van der Waals surface area contributed by atoms with Crippen molar-refractivity contribution in [1.82, 2.24) is 10.6 Å². The van der Waals surface area contributed by atoms with Gasteiger partial charge in [0.2, 0.25) is 0 Å². The molecule has 0 spiro atoms. The van der Waals surface area contributed by atoms with Gasteiger partial charge in [0.05, 0.1) is 55.9 Å². The highest BCUT2D eigenvalue weighted by atomic mass is 19.4. The van der Waals surface area contributed by atoms with E-state index in [9.17, 15) is 22.8 Å². The highest BCUT2D eigenvalue weighted by Crippen LogP contribution is 2.41. The SMILES string of the molecule is CCOC(=O)C1=C([C@@H]2O[C@H](COCc3ccccc3)[C@@H](OCc3ccccc3)[C@H]2OCc2ccccc2)NC(=O)N[C@H]1c1ccccc1C(F)(F)F. The maximum Gasteiger partial charge on any atom is 0.416 e. The van der Waals surface area contributed by atoms with E-state index in [-0.39, 0.29) is 49.9 Å². The first-order chi connectivity index (χ1) is 25.2. The van der Waals surface area contributed by atoms with Crippen LogP contribution in [0.5, 0.6) is 0 Å². The molecule has 4 aromatic rings. The van der Waals surface area contributed by atoms with Gasteiger partial charge in [0, 0.05) is 0 Å². The van der Waals surface area contributed by atoms with Crippen LogP contribution in [0.15, 0.2) is 127 Å². The maximum absolute atomic E-state index is 14.3. The first-order valence-electron chi connectivity index (χ1n) is 17.0. The fraction of sp³-hybridized carbons (Fsp3) is 0.300. The summed E-state index contributed by atoms with van der Waals surface area (Å²) in [6.45, 7) is 2.07. The molecule has 52 heavy (non-hydrogen) atoms. The molecule has 0 saturated carbocycles. The molecule has 0 aromatic heterocycles. The largest absolute Gasteiger partial charge is 0.463 e. The highest BCUT2D eigenvalue weighted by molar-refractivity contribution is 5.95. The number of hydrogen-bond acceptors (Lipinski definition) is 7. The van der Waals surface area contributed by atoms with Gasteiger partial charge in [-0.1, -0.05) is 109 Å². The zero-order chi connectivity index (χ0) is 36.5. The molecule has 272 valence electrons. The van der Waals surface area contributed by atoms with E-state index in [2.05, 4.69) is 10.6 Å². The number of ether oxygens (including phenoxy) is 5. The summed E-state index contributed by atoms with van der Waals surface area (Å²) in [6.07, 6.45) is -8.55. The van der Waals surface area contributed by atoms with Gasteiger partial charge in [-0.25, -0.2) is 9.59 Å². The minimum atomic E-state index is -4.78. The predicted octanol–water partition coefficient (Wildman–Crippen LogP) is 7.03. The predicted molar refractivity (Wildman–Crippen MR) is 184 cm³/mol. The number of hydrogen-bond donors (Lipinski definition) is 2. The van der Waals surface area contributed by atoms with Gasteiger partial charge in [0.15, 0.2) is 0 Å². The Bertz CT molecular complexity index is 1820. The molecule has 0 unspecified atom stereocenters. The first-order valence-corrected chi connectivity index (χ1v) is 17.0. The van der Waals surface area contributed by atoms with Gasteiger partial charge in [-0.2, -0.15) is 13.2 Å². The Balaban J connectivity index is 1.43. The summed E-state index contributed by atoms with van der Waals surface area (Å²) in [5, 5.41) is 5.20. The third-order valence-corrected chi connectivity index (χ3v) is 8.73. The Morgan fingerprint density at radius 3 is 1.87 bits per heavy atom. The summed E-state index contributed by atoms with van der Waals surface area (Å²) in [5.74, 6) is -0.928. The van der Waals surface area contributed by atoms with E-state index in [0.29, 0.717) is 0 Å². The quantitative estimate of drug-likeness (QED) is 0.135. The standard InChI is InChI=1S/C40H39F3N2O7/c1-2-49-38(46)32-33(29-20-12-13-21-30(29)40(41,42)43)44-39(47)45-34(32)36-37(51-24-28-18-10-5-11-19-28)35(50-23-27-16-8-4-9-17-27)31(52-36)25-48-22-26-14-6-3-7-15-26/h3-21,31,33,35-37H,2,22-25H2,1H3,(H2,44,45,47)/t31-,33+,35-,36+,37-/m1/s1. The van der Waals surface area contributed by atoms with Crippen LogP contribution in [0, 0.1) is 0 Å². The van der Waals surface area contributed by atoms with Crippen LogP contribution < -0.4 is 10.6 Å². The number of rotatable bonds is 14. The third-order valence-electron chi connectivity index (χ3n) is 8.73.